The molecule has 3 nitrogen and oxygen atoms in total. The van der Waals surface area contributed by atoms with Gasteiger partial charge in [0.1, 0.15) is 0 Å². The highest BCUT2D eigenvalue weighted by molar-refractivity contribution is 6.36. The molecule has 26 heavy (non-hydrogen) atoms. The number of carbonyl (C=O) groups excluding carboxylic acids is 1. The van der Waals surface area contributed by atoms with Gasteiger partial charge in [-0.1, -0.05) is 41.4 Å². The molecule has 3 aromatic rings. The average molecular weight is 387 g/mol. The van der Waals surface area contributed by atoms with Crippen LogP contribution < -0.4 is 0 Å². The second kappa shape index (κ2) is 7.65. The Morgan fingerprint density at radius 3 is 2.42 bits per heavy atom. The van der Waals surface area contributed by atoms with Crippen molar-refractivity contribution in [3.05, 3.63) is 63.6 Å². The van der Waals surface area contributed by atoms with Crippen LogP contribution >= 0.6 is 23.2 Å². The molecule has 0 aliphatic carbocycles. The topological polar surface area (TPSA) is 33.2 Å². The van der Waals surface area contributed by atoms with Crippen LogP contribution in [0.25, 0.3) is 22.2 Å². The summed E-state index contributed by atoms with van der Waals surface area (Å²) in [7, 11) is 0. The predicted octanol–water partition coefficient (Wildman–Crippen LogP) is 6.00. The van der Waals surface area contributed by atoms with Crippen molar-refractivity contribution in [3.63, 3.8) is 0 Å². The van der Waals surface area contributed by atoms with Gasteiger partial charge >= 0.3 is 0 Å². The van der Waals surface area contributed by atoms with Crippen molar-refractivity contribution in [2.24, 2.45) is 0 Å². The quantitative estimate of drug-likeness (QED) is 0.550. The summed E-state index contributed by atoms with van der Waals surface area (Å²) >= 11 is 12.5. The van der Waals surface area contributed by atoms with Gasteiger partial charge < -0.3 is 4.90 Å². The Bertz CT molecular complexity index is 981. The average Bonchev–Trinajstić information content (AvgIpc) is 2.62. The molecule has 0 aliphatic heterocycles. The molecule has 2 aromatic carbocycles. The van der Waals surface area contributed by atoms with Crippen LogP contribution in [0.5, 0.6) is 0 Å². The van der Waals surface area contributed by atoms with Crippen LogP contribution in [0.15, 0.2) is 42.5 Å². The number of aromatic nitrogens is 1. The van der Waals surface area contributed by atoms with Gasteiger partial charge in [-0.3, -0.25) is 4.79 Å². The highest BCUT2D eigenvalue weighted by Gasteiger charge is 2.22. The lowest BCUT2D eigenvalue weighted by Gasteiger charge is -2.22. The molecule has 0 bridgehead atoms. The third kappa shape index (κ3) is 3.29. The number of hydrogen-bond acceptors (Lipinski definition) is 2. The second-order valence-electron chi connectivity index (χ2n) is 6.08. The third-order valence-electron chi connectivity index (χ3n) is 4.59. The van der Waals surface area contributed by atoms with Gasteiger partial charge in [-0.2, -0.15) is 0 Å². The minimum absolute atomic E-state index is 0.0115. The van der Waals surface area contributed by atoms with Crippen molar-refractivity contribution < 1.29 is 4.79 Å². The fourth-order valence-corrected chi connectivity index (χ4v) is 3.69. The Hall–Kier alpha value is -2.10. The molecule has 134 valence electrons. The summed E-state index contributed by atoms with van der Waals surface area (Å²) in [6, 6.07) is 13.0. The Kier molecular flexibility index (Phi) is 5.49. The van der Waals surface area contributed by atoms with Crippen LogP contribution in [-0.2, 0) is 0 Å². The zero-order valence-corrected chi connectivity index (χ0v) is 16.5. The summed E-state index contributed by atoms with van der Waals surface area (Å²) in [6.07, 6.45) is 0. The smallest absolute Gasteiger partial charge is 0.254 e. The van der Waals surface area contributed by atoms with E-state index >= 15 is 0 Å². The van der Waals surface area contributed by atoms with Gasteiger partial charge in [0.05, 0.1) is 21.8 Å². The van der Waals surface area contributed by atoms with Gasteiger partial charge in [-0.05, 0) is 50.6 Å². The first kappa shape index (κ1) is 18.7. The molecular formula is C21H20Cl2N2O. The fraction of sp³-hybridized carbons (Fsp3) is 0.238. The van der Waals surface area contributed by atoms with Crippen LogP contribution in [0.2, 0.25) is 10.0 Å². The van der Waals surface area contributed by atoms with Gasteiger partial charge in [0.2, 0.25) is 0 Å². The summed E-state index contributed by atoms with van der Waals surface area (Å²) in [4.78, 5) is 19.8. The van der Waals surface area contributed by atoms with E-state index in [0.29, 0.717) is 34.4 Å². The molecule has 5 heteroatoms. The van der Waals surface area contributed by atoms with Crippen LogP contribution in [0.3, 0.4) is 0 Å². The van der Waals surface area contributed by atoms with Crippen molar-refractivity contribution in [1.29, 1.82) is 0 Å². The lowest BCUT2D eigenvalue weighted by molar-refractivity contribution is 0.0774. The van der Waals surface area contributed by atoms with Gasteiger partial charge in [0.25, 0.3) is 5.91 Å². The molecule has 1 amide bonds. The maximum atomic E-state index is 13.2. The number of rotatable bonds is 4. The molecule has 1 aromatic heterocycles. The van der Waals surface area contributed by atoms with E-state index in [1.54, 1.807) is 12.1 Å². The minimum atomic E-state index is 0.0115. The molecule has 1 heterocycles. The number of fused-ring (bicyclic) bond motifs is 1. The van der Waals surface area contributed by atoms with Crippen molar-refractivity contribution in [2.45, 2.75) is 20.8 Å². The summed E-state index contributed by atoms with van der Waals surface area (Å²) in [5.41, 5.74) is 3.76. The molecule has 0 fully saturated rings. The van der Waals surface area contributed by atoms with E-state index in [-0.39, 0.29) is 5.91 Å². The highest BCUT2D eigenvalue weighted by atomic mass is 35.5. The van der Waals surface area contributed by atoms with Gasteiger partial charge in [0.15, 0.2) is 0 Å². The predicted molar refractivity (Wildman–Crippen MR) is 109 cm³/mol. The standard InChI is InChI=1S/C21H20Cl2N2O/c1-4-25(5-2)21(26)19-13(3)20(15-11-10-14(22)12-17(15)23)24-18-9-7-6-8-16(18)19/h6-12H,4-5H2,1-3H3. The maximum absolute atomic E-state index is 13.2. The van der Waals surface area contributed by atoms with Crippen LogP contribution in [0.4, 0.5) is 0 Å². The maximum Gasteiger partial charge on any atom is 0.254 e. The lowest BCUT2D eigenvalue weighted by Crippen LogP contribution is -2.31. The summed E-state index contributed by atoms with van der Waals surface area (Å²) in [5, 5.41) is 1.94. The number of carbonyl (C=O) groups is 1. The van der Waals surface area contributed by atoms with Crippen LogP contribution in [-0.4, -0.2) is 28.9 Å². The van der Waals surface area contributed by atoms with Crippen molar-refractivity contribution in [2.75, 3.05) is 13.1 Å². The molecule has 0 saturated carbocycles. The van der Waals surface area contributed by atoms with E-state index in [4.69, 9.17) is 28.2 Å². The van der Waals surface area contributed by atoms with E-state index < -0.39 is 0 Å². The number of benzene rings is 2. The van der Waals surface area contributed by atoms with Crippen LogP contribution in [0.1, 0.15) is 29.8 Å². The largest absolute Gasteiger partial charge is 0.339 e. The van der Waals surface area contributed by atoms with E-state index in [0.717, 1.165) is 22.0 Å². The molecule has 0 N–H and O–H groups in total. The Balaban J connectivity index is 2.33. The van der Waals surface area contributed by atoms with E-state index in [9.17, 15) is 4.79 Å². The van der Waals surface area contributed by atoms with Crippen LogP contribution in [0, 0.1) is 6.92 Å². The summed E-state index contributed by atoms with van der Waals surface area (Å²) < 4.78 is 0. The molecule has 3 rings (SSSR count). The molecule has 0 aliphatic rings. The molecule has 0 radical (unpaired) electrons. The molecule has 0 atom stereocenters. The Labute approximate surface area is 163 Å². The Morgan fingerprint density at radius 1 is 1.08 bits per heavy atom. The van der Waals surface area contributed by atoms with Crippen molar-refractivity contribution in [3.8, 4) is 11.3 Å². The van der Waals surface area contributed by atoms with Crippen molar-refractivity contribution >= 4 is 40.0 Å². The zero-order chi connectivity index (χ0) is 18.8. The summed E-state index contributed by atoms with van der Waals surface area (Å²) in [5.74, 6) is 0.0115. The van der Waals surface area contributed by atoms with Gasteiger partial charge in [0, 0.05) is 29.1 Å². The molecule has 0 spiro atoms. The SMILES string of the molecule is CCN(CC)C(=O)c1c(C)c(-c2ccc(Cl)cc2Cl)nc2ccccc12. The molecule has 0 saturated heterocycles. The molecule has 0 unspecified atom stereocenters. The van der Waals surface area contributed by atoms with Gasteiger partial charge in [-0.25, -0.2) is 4.98 Å². The fourth-order valence-electron chi connectivity index (χ4n) is 3.20. The third-order valence-corrected chi connectivity index (χ3v) is 5.13. The number of hydrogen-bond donors (Lipinski definition) is 0. The van der Waals surface area contributed by atoms with Crippen molar-refractivity contribution in [1.82, 2.24) is 9.88 Å². The second-order valence-corrected chi connectivity index (χ2v) is 6.92. The minimum Gasteiger partial charge on any atom is -0.339 e. The highest BCUT2D eigenvalue weighted by Crippen LogP contribution is 2.35. The number of para-hydroxylation sites is 1. The summed E-state index contributed by atoms with van der Waals surface area (Å²) in [6.45, 7) is 7.20. The number of nitrogens with zero attached hydrogens (tertiary/aromatic N) is 2. The van der Waals surface area contributed by atoms with E-state index in [1.165, 1.54) is 0 Å². The monoisotopic (exact) mass is 386 g/mol. The lowest BCUT2D eigenvalue weighted by atomic mass is 9.96. The zero-order valence-electron chi connectivity index (χ0n) is 15.0. The Morgan fingerprint density at radius 2 is 1.77 bits per heavy atom. The first-order valence-corrected chi connectivity index (χ1v) is 9.37. The first-order valence-electron chi connectivity index (χ1n) is 8.61. The number of pyridine rings is 1. The molecular weight excluding hydrogens is 367 g/mol. The normalized spacial score (nSPS) is 11.0. The van der Waals surface area contributed by atoms with E-state index in [2.05, 4.69) is 0 Å². The number of amides is 1. The van der Waals surface area contributed by atoms with Gasteiger partial charge in [-0.15, -0.1) is 0 Å². The first-order chi connectivity index (χ1) is 12.5. The van der Waals surface area contributed by atoms with E-state index in [1.807, 2.05) is 56.0 Å². The number of halogens is 2.